The summed E-state index contributed by atoms with van der Waals surface area (Å²) < 4.78 is 26.9. The Labute approximate surface area is 119 Å². The molecule has 0 aliphatic rings. The zero-order valence-corrected chi connectivity index (χ0v) is 13.4. The van der Waals surface area contributed by atoms with E-state index in [1.807, 2.05) is 0 Å². The molecule has 0 fully saturated rings. The van der Waals surface area contributed by atoms with Crippen molar-refractivity contribution in [3.05, 3.63) is 35.6 Å². The molecule has 1 N–H and O–H groups in total. The zero-order valence-electron chi connectivity index (χ0n) is 9.43. The van der Waals surface area contributed by atoms with E-state index in [1.54, 1.807) is 24.3 Å². The van der Waals surface area contributed by atoms with Gasteiger partial charge < -0.3 is 0 Å². The molecule has 0 aliphatic carbocycles. The second-order valence-electron chi connectivity index (χ2n) is 3.64. The topological polar surface area (TPSA) is 59.1 Å². The Morgan fingerprint density at radius 1 is 1.28 bits per heavy atom. The average Bonchev–Trinajstić information content (AvgIpc) is 2.36. The van der Waals surface area contributed by atoms with Crippen LogP contribution in [0.15, 0.2) is 35.4 Å². The van der Waals surface area contributed by atoms with Gasteiger partial charge in [-0.2, -0.15) is 0 Å². The number of fused-ring (bicyclic) bond motifs is 1. The van der Waals surface area contributed by atoms with Gasteiger partial charge >= 0.3 is 120 Å². The fraction of sp³-hybridized carbons (Fsp3) is 0.182. The van der Waals surface area contributed by atoms with Crippen molar-refractivity contribution in [3.63, 3.8) is 0 Å². The van der Waals surface area contributed by atoms with Crippen molar-refractivity contribution < 1.29 is 8.42 Å². The number of sulfonamides is 1. The van der Waals surface area contributed by atoms with Crippen molar-refractivity contribution >= 4 is 49.2 Å². The van der Waals surface area contributed by atoms with Gasteiger partial charge in [0.1, 0.15) is 0 Å². The van der Waals surface area contributed by atoms with Crippen molar-refractivity contribution in [2.75, 3.05) is 6.54 Å². The Hall–Kier alpha value is -0.612. The van der Waals surface area contributed by atoms with E-state index in [0.29, 0.717) is 22.5 Å². The first-order valence-corrected chi connectivity index (χ1v) is 8.86. The summed E-state index contributed by atoms with van der Waals surface area (Å²) in [5, 5.41) is 2.34. The van der Waals surface area contributed by atoms with Gasteiger partial charge in [-0.05, 0) is 0 Å². The maximum absolute atomic E-state index is 12.1. The van der Waals surface area contributed by atoms with Crippen molar-refractivity contribution in [1.29, 1.82) is 0 Å². The predicted molar refractivity (Wildman–Crippen MR) is 75.3 cm³/mol. The van der Waals surface area contributed by atoms with E-state index in [4.69, 9.17) is 11.6 Å². The van der Waals surface area contributed by atoms with E-state index in [9.17, 15) is 8.42 Å². The van der Waals surface area contributed by atoms with Crippen LogP contribution >= 0.6 is 11.6 Å². The van der Waals surface area contributed by atoms with Crippen LogP contribution in [0.5, 0.6) is 0 Å². The first-order valence-electron chi connectivity index (χ1n) is 5.29. The molecule has 0 aliphatic heterocycles. The molecule has 18 heavy (non-hydrogen) atoms. The summed E-state index contributed by atoms with van der Waals surface area (Å²) in [6.45, 7) is 0.442. The molecule has 96 valence electrons. The number of hydrogen-bond acceptors (Lipinski definition) is 3. The molecule has 2 rings (SSSR count). The van der Waals surface area contributed by atoms with E-state index < -0.39 is 10.0 Å². The van der Waals surface area contributed by atoms with Crippen molar-refractivity contribution in [1.82, 2.24) is 9.71 Å². The van der Waals surface area contributed by atoms with Gasteiger partial charge in [0.15, 0.2) is 0 Å². The van der Waals surface area contributed by atoms with Crippen LogP contribution < -0.4 is 4.72 Å². The minimum absolute atomic E-state index is 0.241. The number of rotatable bonds is 4. The van der Waals surface area contributed by atoms with Crippen molar-refractivity contribution in [2.45, 2.75) is 10.1 Å². The van der Waals surface area contributed by atoms with Crippen LogP contribution in [0, 0.1) is 0 Å². The molecular weight excluding hydrogens is 335 g/mol. The first kappa shape index (κ1) is 13.8. The summed E-state index contributed by atoms with van der Waals surface area (Å²) in [7, 11) is -3.49. The van der Waals surface area contributed by atoms with E-state index in [1.165, 1.54) is 23.0 Å². The molecule has 0 saturated heterocycles. The van der Waals surface area contributed by atoms with E-state index in [0.717, 1.165) is 5.21 Å². The molecule has 2 aromatic rings. The molecule has 7 heteroatoms. The van der Waals surface area contributed by atoms with Crippen LogP contribution in [-0.4, -0.2) is 36.8 Å². The summed E-state index contributed by atoms with van der Waals surface area (Å²) in [6, 6.07) is 6.65. The van der Waals surface area contributed by atoms with Crippen LogP contribution in [0.4, 0.5) is 0 Å². The standard InChI is InChI=1S/C11H12AsClN2O2S/c12-5-7-15-18(16,17)10-3-1-2-9-8(10)4-6-14-11(9)13/h1-4,6,15H,5,7,12H2. The van der Waals surface area contributed by atoms with Gasteiger partial charge in [0.05, 0.1) is 0 Å². The Morgan fingerprint density at radius 3 is 2.78 bits per heavy atom. The number of nitrogens with zero attached hydrogens (tertiary/aromatic N) is 1. The van der Waals surface area contributed by atoms with Gasteiger partial charge in [-0.1, -0.05) is 0 Å². The predicted octanol–water partition coefficient (Wildman–Crippen LogP) is 1.22. The van der Waals surface area contributed by atoms with Gasteiger partial charge in [-0.25, -0.2) is 0 Å². The molecule has 1 atom stereocenters. The molecule has 1 aromatic carbocycles. The van der Waals surface area contributed by atoms with Crippen LogP contribution in [0.1, 0.15) is 0 Å². The monoisotopic (exact) mass is 346 g/mol. The summed E-state index contributed by atoms with van der Waals surface area (Å²) in [5.74, 6) is 0. The number of pyridine rings is 1. The van der Waals surface area contributed by atoms with Crippen LogP contribution in [0.25, 0.3) is 10.8 Å². The maximum atomic E-state index is 12.1. The zero-order chi connectivity index (χ0) is 13.2. The second-order valence-corrected chi connectivity index (χ2v) is 6.94. The molecule has 0 amide bonds. The SMILES string of the molecule is O=S(=O)(NCC[AsH2])c1cccc2c(Cl)nccc12. The van der Waals surface area contributed by atoms with Gasteiger partial charge in [-0.3, -0.25) is 0 Å². The molecule has 4 nitrogen and oxygen atoms in total. The van der Waals surface area contributed by atoms with Gasteiger partial charge in [0.25, 0.3) is 0 Å². The quantitative estimate of drug-likeness (QED) is 0.669. The third-order valence-corrected chi connectivity index (χ3v) is 4.87. The molecule has 1 aromatic heterocycles. The van der Waals surface area contributed by atoms with Crippen molar-refractivity contribution in [2.24, 2.45) is 0 Å². The number of halogens is 1. The van der Waals surface area contributed by atoms with Crippen molar-refractivity contribution in [3.8, 4) is 0 Å². The summed E-state index contributed by atoms with van der Waals surface area (Å²) in [5.41, 5.74) is 0. The first-order chi connectivity index (χ1) is 8.56. The third kappa shape index (κ3) is 2.69. The number of nitrogens with one attached hydrogen (secondary N) is 1. The summed E-state index contributed by atoms with van der Waals surface area (Å²) in [6.07, 6.45) is 1.51. The Bertz CT molecular complexity index is 676. The number of aromatic nitrogens is 1. The minimum atomic E-state index is -3.49. The van der Waals surface area contributed by atoms with Crippen LogP contribution in [-0.2, 0) is 10.0 Å². The Morgan fingerprint density at radius 2 is 2.06 bits per heavy atom. The van der Waals surface area contributed by atoms with E-state index >= 15 is 0 Å². The average molecular weight is 347 g/mol. The molecule has 0 saturated carbocycles. The Kier molecular flexibility index (Phi) is 4.28. The molecular formula is C11H12AsClN2O2S. The molecule has 1 unspecified atom stereocenters. The van der Waals surface area contributed by atoms with Gasteiger partial charge in [-0.15, -0.1) is 0 Å². The molecule has 0 spiro atoms. The molecule has 0 radical (unpaired) electrons. The van der Waals surface area contributed by atoms with E-state index in [2.05, 4.69) is 9.71 Å². The van der Waals surface area contributed by atoms with E-state index in [-0.39, 0.29) is 4.90 Å². The summed E-state index contributed by atoms with van der Waals surface area (Å²) in [4.78, 5) is 4.19. The van der Waals surface area contributed by atoms with Crippen LogP contribution in [0.2, 0.25) is 10.4 Å². The van der Waals surface area contributed by atoms with Crippen LogP contribution in [0.3, 0.4) is 0 Å². The summed E-state index contributed by atoms with van der Waals surface area (Å²) >= 11 is 7.45. The molecule has 1 heterocycles. The van der Waals surface area contributed by atoms with Gasteiger partial charge in [0, 0.05) is 0 Å². The fourth-order valence-corrected chi connectivity index (χ4v) is 3.88. The van der Waals surface area contributed by atoms with Gasteiger partial charge in [0.2, 0.25) is 0 Å². The Balaban J connectivity index is 2.62. The number of hydrogen-bond donors (Lipinski definition) is 1. The molecule has 0 bridgehead atoms. The third-order valence-electron chi connectivity index (χ3n) is 2.44. The fourth-order valence-electron chi connectivity index (χ4n) is 1.65. The second kappa shape index (κ2) is 5.57. The normalized spacial score (nSPS) is 11.9. The number of benzene rings is 1.